The Hall–Kier alpha value is -2.64. The lowest BCUT2D eigenvalue weighted by Crippen LogP contribution is -2.01. The maximum atomic E-state index is 11.8. The zero-order valence-electron chi connectivity index (χ0n) is 17.0. The van der Waals surface area contributed by atoms with Crippen molar-refractivity contribution >= 4 is 26.4 Å². The summed E-state index contributed by atoms with van der Waals surface area (Å²) in [4.78, 5) is 8.15. The molecule has 1 saturated carbocycles. The first-order valence-electron chi connectivity index (χ1n) is 10.2. The molecule has 1 aliphatic rings. The Balaban J connectivity index is 1.74. The molecule has 1 aromatic carbocycles. The molecule has 4 rings (SSSR count). The zero-order valence-corrected chi connectivity index (χ0v) is 17.8. The van der Waals surface area contributed by atoms with E-state index in [4.69, 9.17) is 9.84 Å². The number of hydrogen-bond acceptors (Lipinski definition) is 5. The number of sulfone groups is 1. The number of aromatic nitrogens is 2. The Morgan fingerprint density at radius 3 is 2.63 bits per heavy atom. The van der Waals surface area contributed by atoms with Gasteiger partial charge in [-0.25, -0.2) is 13.4 Å². The maximum Gasteiger partial charge on any atom is 0.175 e. The number of allylic oxidation sites excluding steroid dienone is 1. The molecule has 3 aromatic rings. The van der Waals surface area contributed by atoms with Gasteiger partial charge in [0.05, 0.1) is 17.7 Å². The Kier molecular flexibility index (Phi) is 5.92. The number of nitrogens with one attached hydrogen (secondary N) is 1. The Labute approximate surface area is 176 Å². The molecule has 0 bridgehead atoms. The van der Waals surface area contributed by atoms with Crippen molar-refractivity contribution in [1.29, 1.82) is 0 Å². The maximum absolute atomic E-state index is 11.8. The van der Waals surface area contributed by atoms with Crippen LogP contribution in [0.5, 0.6) is 5.75 Å². The summed E-state index contributed by atoms with van der Waals surface area (Å²) in [7, 11) is -3.23. The van der Waals surface area contributed by atoms with Gasteiger partial charge in [-0.2, -0.15) is 0 Å². The van der Waals surface area contributed by atoms with Gasteiger partial charge in [0.15, 0.2) is 9.84 Å². The van der Waals surface area contributed by atoms with E-state index < -0.39 is 9.84 Å². The van der Waals surface area contributed by atoms with Crippen LogP contribution >= 0.6 is 0 Å². The highest BCUT2D eigenvalue weighted by Gasteiger charge is 2.17. The summed E-state index contributed by atoms with van der Waals surface area (Å²) >= 11 is 0. The Morgan fingerprint density at radius 1 is 1.23 bits per heavy atom. The first-order chi connectivity index (χ1) is 14.4. The first-order valence-corrected chi connectivity index (χ1v) is 12.1. The van der Waals surface area contributed by atoms with Crippen LogP contribution in [0.2, 0.25) is 0 Å². The lowest BCUT2D eigenvalue weighted by Gasteiger charge is -2.11. The fraction of sp³-hybridized carbons (Fsp3) is 0.348. The van der Waals surface area contributed by atoms with E-state index >= 15 is 0 Å². The molecule has 0 saturated heterocycles. The molecule has 0 aliphatic heterocycles. The third kappa shape index (κ3) is 4.57. The number of hydrogen-bond donors (Lipinski definition) is 2. The van der Waals surface area contributed by atoms with E-state index in [1.165, 1.54) is 31.9 Å². The molecule has 6 nitrogen and oxygen atoms in total. The number of ether oxygens (including phenoxy) is 1. The third-order valence-electron chi connectivity index (χ3n) is 5.49. The van der Waals surface area contributed by atoms with Crippen LogP contribution in [0.4, 0.5) is 0 Å². The number of aliphatic hydroxyl groups is 1. The number of rotatable bonds is 7. The summed E-state index contributed by atoms with van der Waals surface area (Å²) < 4.78 is 29.1. The topological polar surface area (TPSA) is 92.3 Å². The molecule has 7 heteroatoms. The van der Waals surface area contributed by atoms with Gasteiger partial charge in [0.25, 0.3) is 0 Å². The standard InChI is InChI=1S/C23H26N2O4S/c1-30(27,28)20-8-6-17(7-9-20)21(12-16-4-2-3-5-16)22-14-18-13-19(29-11-10-26)15-24-23(18)25-22/h6-9,12-16,26H,2-5,10-11H2,1H3,(H,24,25). The smallest absolute Gasteiger partial charge is 0.175 e. The minimum atomic E-state index is -3.23. The van der Waals surface area contributed by atoms with Gasteiger partial charge in [-0.05, 0) is 48.6 Å². The van der Waals surface area contributed by atoms with Crippen LogP contribution in [0, 0.1) is 5.92 Å². The number of nitrogens with zero attached hydrogens (tertiary/aromatic N) is 1. The molecule has 0 atom stereocenters. The van der Waals surface area contributed by atoms with Crippen LogP contribution in [0.3, 0.4) is 0 Å². The Morgan fingerprint density at radius 2 is 1.97 bits per heavy atom. The van der Waals surface area contributed by atoms with E-state index in [1.54, 1.807) is 18.3 Å². The summed E-state index contributed by atoms with van der Waals surface area (Å²) in [6, 6.07) is 11.0. The average Bonchev–Trinajstić information content (AvgIpc) is 3.39. The fourth-order valence-electron chi connectivity index (χ4n) is 3.97. The number of H-pyrrole nitrogens is 1. The van der Waals surface area contributed by atoms with Crippen molar-refractivity contribution in [3.05, 3.63) is 59.9 Å². The molecule has 0 radical (unpaired) electrons. The largest absolute Gasteiger partial charge is 0.490 e. The van der Waals surface area contributed by atoms with E-state index in [0.29, 0.717) is 16.6 Å². The number of benzene rings is 1. The van der Waals surface area contributed by atoms with Gasteiger partial charge in [0.2, 0.25) is 0 Å². The molecule has 0 spiro atoms. The molecule has 0 amide bonds. The molecular weight excluding hydrogens is 400 g/mol. The average molecular weight is 427 g/mol. The van der Waals surface area contributed by atoms with Crippen LogP contribution in [-0.4, -0.2) is 43.0 Å². The highest BCUT2D eigenvalue weighted by Crippen LogP contribution is 2.33. The van der Waals surface area contributed by atoms with Crippen molar-refractivity contribution < 1.29 is 18.3 Å². The lowest BCUT2D eigenvalue weighted by atomic mass is 9.96. The van der Waals surface area contributed by atoms with Gasteiger partial charge in [-0.15, -0.1) is 0 Å². The van der Waals surface area contributed by atoms with Gasteiger partial charge >= 0.3 is 0 Å². The van der Waals surface area contributed by atoms with E-state index in [0.717, 1.165) is 27.9 Å². The highest BCUT2D eigenvalue weighted by molar-refractivity contribution is 7.90. The van der Waals surface area contributed by atoms with Crippen molar-refractivity contribution in [3.63, 3.8) is 0 Å². The van der Waals surface area contributed by atoms with Crippen molar-refractivity contribution in [2.75, 3.05) is 19.5 Å². The monoisotopic (exact) mass is 426 g/mol. The van der Waals surface area contributed by atoms with Crippen LogP contribution < -0.4 is 4.74 Å². The number of pyridine rings is 1. The molecule has 2 N–H and O–H groups in total. The predicted octanol–water partition coefficient (Wildman–Crippen LogP) is 3.96. The zero-order chi connectivity index (χ0) is 21.1. The second-order valence-electron chi connectivity index (χ2n) is 7.79. The number of aromatic amines is 1. The second-order valence-corrected chi connectivity index (χ2v) is 9.80. The van der Waals surface area contributed by atoms with E-state index in [1.807, 2.05) is 24.3 Å². The van der Waals surface area contributed by atoms with E-state index in [9.17, 15) is 8.42 Å². The van der Waals surface area contributed by atoms with Crippen LogP contribution in [0.1, 0.15) is 36.9 Å². The second kappa shape index (κ2) is 8.62. The van der Waals surface area contributed by atoms with Gasteiger partial charge in [0.1, 0.15) is 18.0 Å². The predicted molar refractivity (Wildman–Crippen MR) is 117 cm³/mol. The summed E-state index contributed by atoms with van der Waals surface area (Å²) in [5, 5.41) is 9.87. The highest BCUT2D eigenvalue weighted by atomic mass is 32.2. The Bertz CT molecular complexity index is 1160. The molecule has 2 aromatic heterocycles. The summed E-state index contributed by atoms with van der Waals surface area (Å²) in [5.74, 6) is 1.12. The van der Waals surface area contributed by atoms with Crippen molar-refractivity contribution in [3.8, 4) is 5.75 Å². The van der Waals surface area contributed by atoms with Gasteiger partial charge < -0.3 is 14.8 Å². The SMILES string of the molecule is CS(=O)(=O)c1ccc(C(=CC2CCCC2)c2cc3cc(OCCO)cnc3[nH]2)cc1. The summed E-state index contributed by atoms with van der Waals surface area (Å²) in [5.41, 5.74) is 3.72. The van der Waals surface area contributed by atoms with Crippen molar-refractivity contribution in [1.82, 2.24) is 9.97 Å². The third-order valence-corrected chi connectivity index (χ3v) is 6.62. The molecule has 2 heterocycles. The summed E-state index contributed by atoms with van der Waals surface area (Å²) in [6.07, 6.45) is 9.97. The normalized spacial score (nSPS) is 15.7. The van der Waals surface area contributed by atoms with Gasteiger partial charge in [-0.1, -0.05) is 31.1 Å². The van der Waals surface area contributed by atoms with Crippen molar-refractivity contribution in [2.45, 2.75) is 30.6 Å². The quantitative estimate of drug-likeness (QED) is 0.597. The van der Waals surface area contributed by atoms with Crippen molar-refractivity contribution in [2.24, 2.45) is 5.92 Å². The minimum Gasteiger partial charge on any atom is -0.490 e. The summed E-state index contributed by atoms with van der Waals surface area (Å²) in [6.45, 7) is 0.179. The van der Waals surface area contributed by atoms with E-state index in [2.05, 4.69) is 16.0 Å². The number of aliphatic hydroxyl groups excluding tert-OH is 1. The lowest BCUT2D eigenvalue weighted by molar-refractivity contribution is 0.201. The number of fused-ring (bicyclic) bond motifs is 1. The molecule has 158 valence electrons. The van der Waals surface area contributed by atoms with E-state index in [-0.39, 0.29) is 13.2 Å². The van der Waals surface area contributed by atoms with Crippen LogP contribution in [0.15, 0.2) is 53.6 Å². The van der Waals surface area contributed by atoms with Crippen LogP contribution in [-0.2, 0) is 9.84 Å². The molecule has 1 fully saturated rings. The molecular formula is C23H26N2O4S. The van der Waals surface area contributed by atoms with Crippen LogP contribution in [0.25, 0.3) is 16.6 Å². The first kappa shape index (κ1) is 20.6. The molecule has 1 aliphatic carbocycles. The minimum absolute atomic E-state index is 0.0474. The molecule has 0 unspecified atom stereocenters. The van der Waals surface area contributed by atoms with Gasteiger partial charge in [0, 0.05) is 22.9 Å². The fourth-order valence-corrected chi connectivity index (χ4v) is 4.60. The molecule has 30 heavy (non-hydrogen) atoms. The van der Waals surface area contributed by atoms with Gasteiger partial charge in [-0.3, -0.25) is 0 Å².